The van der Waals surface area contributed by atoms with Crippen LogP contribution in [0.4, 0.5) is 0 Å². The van der Waals surface area contributed by atoms with E-state index in [1.165, 1.54) is 0 Å². The molecule has 2 rings (SSSR count). The molecule has 0 radical (unpaired) electrons. The molecular formula is C15H17NO3. The lowest BCUT2D eigenvalue weighted by Crippen LogP contribution is -2.45. The highest BCUT2D eigenvalue weighted by molar-refractivity contribution is 6.05. The van der Waals surface area contributed by atoms with Crippen molar-refractivity contribution in [1.29, 1.82) is 0 Å². The number of ketones is 1. The summed E-state index contributed by atoms with van der Waals surface area (Å²) < 4.78 is 0. The van der Waals surface area contributed by atoms with E-state index < -0.39 is 0 Å². The maximum absolute atomic E-state index is 12.1. The maximum Gasteiger partial charge on any atom is 0.229 e. The number of amides is 2. The van der Waals surface area contributed by atoms with E-state index in [0.29, 0.717) is 18.4 Å². The fourth-order valence-corrected chi connectivity index (χ4v) is 2.18. The number of nitrogens with zero attached hydrogens (tertiary/aromatic N) is 1. The normalized spacial score (nSPS) is 16.8. The fraction of sp³-hybridized carbons (Fsp3) is 0.400. The average molecular weight is 259 g/mol. The number of Topliss-reactive ketones (excluding diaryl/α,β-unsaturated/α-hetero) is 1. The van der Waals surface area contributed by atoms with Crippen LogP contribution in [0.2, 0.25) is 0 Å². The monoisotopic (exact) mass is 259 g/mol. The van der Waals surface area contributed by atoms with E-state index in [0.717, 1.165) is 10.5 Å². The maximum atomic E-state index is 12.1. The molecule has 0 atom stereocenters. The van der Waals surface area contributed by atoms with Crippen molar-refractivity contribution in [2.24, 2.45) is 5.92 Å². The Labute approximate surface area is 112 Å². The van der Waals surface area contributed by atoms with Crippen molar-refractivity contribution in [3.63, 3.8) is 0 Å². The van der Waals surface area contributed by atoms with Crippen molar-refractivity contribution in [3.05, 3.63) is 35.4 Å². The summed E-state index contributed by atoms with van der Waals surface area (Å²) in [5, 5.41) is 0. The van der Waals surface area contributed by atoms with Crippen molar-refractivity contribution in [1.82, 2.24) is 4.90 Å². The summed E-state index contributed by atoms with van der Waals surface area (Å²) >= 11 is 0. The number of aryl methyl sites for hydroxylation is 1. The van der Waals surface area contributed by atoms with E-state index in [1.54, 1.807) is 12.1 Å². The van der Waals surface area contributed by atoms with Gasteiger partial charge in [0, 0.05) is 18.4 Å². The van der Waals surface area contributed by atoms with Crippen LogP contribution in [-0.2, 0) is 9.59 Å². The lowest BCUT2D eigenvalue weighted by atomic mass is 9.97. The lowest BCUT2D eigenvalue weighted by molar-refractivity contribution is -0.149. The van der Waals surface area contributed by atoms with E-state index in [9.17, 15) is 14.4 Å². The largest absolute Gasteiger partial charge is 0.292 e. The number of carbonyl (C=O) groups excluding carboxylic acids is 3. The van der Waals surface area contributed by atoms with Gasteiger partial charge >= 0.3 is 0 Å². The number of imide groups is 1. The Morgan fingerprint density at radius 3 is 2.21 bits per heavy atom. The van der Waals surface area contributed by atoms with E-state index in [-0.39, 0.29) is 30.1 Å². The number of likely N-dealkylation sites (tertiary alicyclic amines) is 1. The highest BCUT2D eigenvalue weighted by Crippen LogP contribution is 2.19. The van der Waals surface area contributed by atoms with Gasteiger partial charge in [0.05, 0.1) is 6.54 Å². The van der Waals surface area contributed by atoms with Crippen LogP contribution in [0.3, 0.4) is 0 Å². The fourth-order valence-electron chi connectivity index (χ4n) is 2.18. The summed E-state index contributed by atoms with van der Waals surface area (Å²) in [4.78, 5) is 36.7. The molecule has 0 N–H and O–H groups in total. The van der Waals surface area contributed by atoms with Crippen LogP contribution >= 0.6 is 0 Å². The standard InChI is InChI=1S/C15H17NO3/c1-10-3-5-12(6-4-10)13(17)9-16-14(18)7-11(2)8-15(16)19/h3-6,11H,7-9H2,1-2H3. The highest BCUT2D eigenvalue weighted by atomic mass is 16.2. The SMILES string of the molecule is Cc1ccc(C(=O)CN2C(=O)CC(C)CC2=O)cc1. The third kappa shape index (κ3) is 3.08. The molecule has 0 aromatic heterocycles. The predicted octanol–water partition coefficient (Wildman–Crippen LogP) is 1.96. The lowest BCUT2D eigenvalue weighted by Gasteiger charge is -2.27. The number of rotatable bonds is 3. The third-order valence-corrected chi connectivity index (χ3v) is 3.32. The number of benzene rings is 1. The Morgan fingerprint density at radius 2 is 1.68 bits per heavy atom. The van der Waals surface area contributed by atoms with Gasteiger partial charge in [0.2, 0.25) is 11.8 Å². The van der Waals surface area contributed by atoms with Gasteiger partial charge in [0.15, 0.2) is 5.78 Å². The van der Waals surface area contributed by atoms with Crippen molar-refractivity contribution in [3.8, 4) is 0 Å². The Morgan fingerprint density at radius 1 is 1.16 bits per heavy atom. The molecule has 2 amide bonds. The molecule has 0 aliphatic carbocycles. The minimum atomic E-state index is -0.246. The first-order chi connectivity index (χ1) is 8.97. The van der Waals surface area contributed by atoms with E-state index >= 15 is 0 Å². The summed E-state index contributed by atoms with van der Waals surface area (Å²) in [7, 11) is 0. The molecule has 1 fully saturated rings. The summed E-state index contributed by atoms with van der Waals surface area (Å²) in [6, 6.07) is 7.13. The molecule has 1 heterocycles. The van der Waals surface area contributed by atoms with Crippen molar-refractivity contribution >= 4 is 17.6 Å². The van der Waals surface area contributed by atoms with Crippen LogP contribution < -0.4 is 0 Å². The summed E-state index contributed by atoms with van der Waals surface area (Å²) in [5.41, 5.74) is 1.60. The van der Waals surface area contributed by atoms with Crippen LogP contribution in [0.15, 0.2) is 24.3 Å². The molecule has 1 aromatic rings. The van der Waals surface area contributed by atoms with Crippen molar-refractivity contribution in [2.45, 2.75) is 26.7 Å². The summed E-state index contributed by atoms with van der Waals surface area (Å²) in [6.45, 7) is 3.66. The van der Waals surface area contributed by atoms with Gasteiger partial charge in [-0.05, 0) is 12.8 Å². The molecule has 1 aromatic carbocycles. The van der Waals surface area contributed by atoms with E-state index in [4.69, 9.17) is 0 Å². The molecule has 0 unspecified atom stereocenters. The second kappa shape index (κ2) is 5.34. The topological polar surface area (TPSA) is 54.5 Å². The Hall–Kier alpha value is -1.97. The molecule has 0 saturated carbocycles. The zero-order chi connectivity index (χ0) is 14.0. The van der Waals surface area contributed by atoms with Gasteiger partial charge in [-0.3, -0.25) is 19.3 Å². The molecule has 1 aliphatic heterocycles. The molecular weight excluding hydrogens is 242 g/mol. The Bertz CT molecular complexity index is 501. The number of hydrogen-bond donors (Lipinski definition) is 0. The second-order valence-electron chi connectivity index (χ2n) is 5.18. The van der Waals surface area contributed by atoms with Gasteiger partial charge in [-0.2, -0.15) is 0 Å². The molecule has 19 heavy (non-hydrogen) atoms. The first-order valence-corrected chi connectivity index (χ1v) is 6.40. The van der Waals surface area contributed by atoms with Gasteiger partial charge in [-0.25, -0.2) is 0 Å². The van der Waals surface area contributed by atoms with E-state index in [1.807, 2.05) is 26.0 Å². The molecule has 4 heteroatoms. The Kier molecular flexibility index (Phi) is 3.79. The van der Waals surface area contributed by atoms with Gasteiger partial charge < -0.3 is 0 Å². The van der Waals surface area contributed by atoms with Crippen LogP contribution in [0.1, 0.15) is 35.7 Å². The predicted molar refractivity (Wildman–Crippen MR) is 70.6 cm³/mol. The zero-order valence-electron chi connectivity index (χ0n) is 11.2. The second-order valence-corrected chi connectivity index (χ2v) is 5.18. The number of carbonyl (C=O) groups is 3. The van der Waals surface area contributed by atoms with Gasteiger partial charge in [-0.15, -0.1) is 0 Å². The van der Waals surface area contributed by atoms with Gasteiger partial charge in [0.25, 0.3) is 0 Å². The van der Waals surface area contributed by atoms with Crippen LogP contribution in [0.5, 0.6) is 0 Å². The van der Waals surface area contributed by atoms with E-state index in [2.05, 4.69) is 0 Å². The van der Waals surface area contributed by atoms with Crippen LogP contribution in [-0.4, -0.2) is 29.0 Å². The quantitative estimate of drug-likeness (QED) is 0.616. The molecule has 4 nitrogen and oxygen atoms in total. The Balaban J connectivity index is 2.08. The molecule has 0 spiro atoms. The minimum Gasteiger partial charge on any atom is -0.292 e. The first kappa shape index (κ1) is 13.5. The van der Waals surface area contributed by atoms with Crippen LogP contribution in [0.25, 0.3) is 0 Å². The molecule has 1 aliphatic rings. The molecule has 1 saturated heterocycles. The third-order valence-electron chi connectivity index (χ3n) is 3.32. The highest BCUT2D eigenvalue weighted by Gasteiger charge is 2.31. The summed E-state index contributed by atoms with van der Waals surface area (Å²) in [5.74, 6) is -0.615. The molecule has 0 bridgehead atoms. The van der Waals surface area contributed by atoms with Crippen LogP contribution in [0, 0.1) is 12.8 Å². The number of piperidine rings is 1. The molecule has 100 valence electrons. The zero-order valence-corrected chi connectivity index (χ0v) is 11.2. The van der Waals surface area contributed by atoms with Gasteiger partial charge in [0.1, 0.15) is 0 Å². The van der Waals surface area contributed by atoms with Crippen molar-refractivity contribution in [2.75, 3.05) is 6.54 Å². The number of hydrogen-bond acceptors (Lipinski definition) is 3. The van der Waals surface area contributed by atoms with Crippen molar-refractivity contribution < 1.29 is 14.4 Å². The summed E-state index contributed by atoms with van der Waals surface area (Å²) in [6.07, 6.45) is 0.680. The average Bonchev–Trinajstić information content (AvgIpc) is 2.34. The van der Waals surface area contributed by atoms with Gasteiger partial charge in [-0.1, -0.05) is 36.8 Å². The smallest absolute Gasteiger partial charge is 0.229 e. The first-order valence-electron chi connectivity index (χ1n) is 6.40. The minimum absolute atomic E-state index is 0.0747.